The van der Waals surface area contributed by atoms with E-state index in [0.717, 1.165) is 10.9 Å². The second-order valence-electron chi connectivity index (χ2n) is 4.87. The number of fused-ring (bicyclic) bond motifs is 1. The lowest BCUT2D eigenvalue weighted by atomic mass is 10.1. The number of hydrogen-bond donors (Lipinski definition) is 2. The fourth-order valence-electron chi connectivity index (χ4n) is 2.55. The van der Waals surface area contributed by atoms with Gasteiger partial charge in [0, 0.05) is 43.3 Å². The Kier molecular flexibility index (Phi) is 3.06. The van der Waals surface area contributed by atoms with E-state index in [2.05, 4.69) is 4.98 Å². The van der Waals surface area contributed by atoms with Crippen LogP contribution < -0.4 is 5.73 Å². The van der Waals surface area contributed by atoms with Crippen molar-refractivity contribution in [3.8, 4) is 0 Å². The van der Waals surface area contributed by atoms with Gasteiger partial charge in [-0.05, 0) is 6.07 Å². The zero-order chi connectivity index (χ0) is 14.1. The molecule has 3 rings (SSSR count). The van der Waals surface area contributed by atoms with E-state index in [9.17, 15) is 9.59 Å². The first-order valence-corrected chi connectivity index (χ1v) is 6.56. The first-order chi connectivity index (χ1) is 9.66. The number of amides is 3. The number of aromatic amines is 1. The van der Waals surface area contributed by atoms with E-state index in [4.69, 9.17) is 5.73 Å². The van der Waals surface area contributed by atoms with Gasteiger partial charge in [0.2, 0.25) is 0 Å². The molecule has 0 saturated carbocycles. The third kappa shape index (κ3) is 2.09. The van der Waals surface area contributed by atoms with Crippen molar-refractivity contribution in [1.82, 2.24) is 14.8 Å². The molecule has 0 aliphatic carbocycles. The number of rotatable bonds is 1. The minimum absolute atomic E-state index is 0.00781. The summed E-state index contributed by atoms with van der Waals surface area (Å²) in [7, 11) is 0. The first kappa shape index (κ1) is 12.5. The van der Waals surface area contributed by atoms with Crippen LogP contribution in [0.1, 0.15) is 10.4 Å². The Morgan fingerprint density at radius 3 is 2.40 bits per heavy atom. The maximum absolute atomic E-state index is 12.5. The Morgan fingerprint density at radius 1 is 1.05 bits per heavy atom. The second kappa shape index (κ2) is 4.88. The molecule has 1 aliphatic rings. The van der Waals surface area contributed by atoms with Gasteiger partial charge in [-0.15, -0.1) is 0 Å². The summed E-state index contributed by atoms with van der Waals surface area (Å²) in [5, 5.41) is 0.926. The van der Waals surface area contributed by atoms with Crippen LogP contribution in [0.3, 0.4) is 0 Å². The minimum Gasteiger partial charge on any atom is -0.360 e. The lowest BCUT2D eigenvalue weighted by Gasteiger charge is -2.33. The first-order valence-electron chi connectivity index (χ1n) is 6.56. The lowest BCUT2D eigenvalue weighted by molar-refractivity contribution is 0.0671. The van der Waals surface area contributed by atoms with Gasteiger partial charge in [-0.3, -0.25) is 4.79 Å². The number of aromatic nitrogens is 1. The van der Waals surface area contributed by atoms with Crippen molar-refractivity contribution in [2.45, 2.75) is 0 Å². The standard InChI is InChI=1S/C14H16N4O2/c15-14(20)18-7-5-17(6-8-18)13(19)11-9-16-12-4-2-1-3-10(11)12/h1-4,9,16H,5-8H2,(H2,15,20). The fourth-order valence-corrected chi connectivity index (χ4v) is 2.55. The van der Waals surface area contributed by atoms with Crippen LogP contribution in [0.4, 0.5) is 4.79 Å². The molecule has 2 aromatic rings. The van der Waals surface area contributed by atoms with Crippen LogP contribution in [0.5, 0.6) is 0 Å². The molecule has 1 aliphatic heterocycles. The number of hydrogen-bond acceptors (Lipinski definition) is 2. The van der Waals surface area contributed by atoms with Crippen LogP contribution in [-0.2, 0) is 0 Å². The molecule has 0 radical (unpaired) electrons. The highest BCUT2D eigenvalue weighted by atomic mass is 16.2. The van der Waals surface area contributed by atoms with Crippen molar-refractivity contribution >= 4 is 22.8 Å². The molecule has 0 atom stereocenters. The van der Waals surface area contributed by atoms with Crippen molar-refractivity contribution in [2.24, 2.45) is 5.73 Å². The Morgan fingerprint density at radius 2 is 1.70 bits per heavy atom. The second-order valence-corrected chi connectivity index (χ2v) is 4.87. The van der Waals surface area contributed by atoms with Crippen LogP contribution >= 0.6 is 0 Å². The molecule has 1 aromatic carbocycles. The highest BCUT2D eigenvalue weighted by molar-refractivity contribution is 6.06. The third-order valence-corrected chi connectivity index (χ3v) is 3.70. The van der Waals surface area contributed by atoms with E-state index in [1.54, 1.807) is 16.0 Å². The minimum atomic E-state index is -0.427. The summed E-state index contributed by atoms with van der Waals surface area (Å²) in [6, 6.07) is 7.29. The number of nitrogens with zero attached hydrogens (tertiary/aromatic N) is 2. The molecule has 1 fully saturated rings. The predicted molar refractivity (Wildman–Crippen MR) is 75.4 cm³/mol. The van der Waals surface area contributed by atoms with Crippen LogP contribution in [0.15, 0.2) is 30.5 Å². The Labute approximate surface area is 116 Å². The van der Waals surface area contributed by atoms with Gasteiger partial charge in [-0.1, -0.05) is 18.2 Å². The highest BCUT2D eigenvalue weighted by Crippen LogP contribution is 2.20. The number of carbonyl (C=O) groups excluding carboxylic acids is 2. The quantitative estimate of drug-likeness (QED) is 0.812. The SMILES string of the molecule is NC(=O)N1CCN(C(=O)c2c[nH]c3ccccc23)CC1. The summed E-state index contributed by atoms with van der Waals surface area (Å²) in [6.07, 6.45) is 1.74. The molecule has 0 spiro atoms. The van der Waals surface area contributed by atoms with Crippen molar-refractivity contribution in [1.29, 1.82) is 0 Å². The van der Waals surface area contributed by atoms with Gasteiger partial charge in [0.1, 0.15) is 0 Å². The van der Waals surface area contributed by atoms with Gasteiger partial charge >= 0.3 is 6.03 Å². The number of nitrogens with one attached hydrogen (secondary N) is 1. The zero-order valence-corrected chi connectivity index (χ0v) is 11.0. The van der Waals surface area contributed by atoms with Gasteiger partial charge in [0.05, 0.1) is 5.56 Å². The van der Waals surface area contributed by atoms with Gasteiger partial charge in [0.25, 0.3) is 5.91 Å². The van der Waals surface area contributed by atoms with E-state index in [0.29, 0.717) is 31.7 Å². The van der Waals surface area contributed by atoms with E-state index >= 15 is 0 Å². The van der Waals surface area contributed by atoms with Crippen LogP contribution in [0, 0.1) is 0 Å². The van der Waals surface area contributed by atoms with Gasteiger partial charge in [0.15, 0.2) is 0 Å². The summed E-state index contributed by atoms with van der Waals surface area (Å²) in [6.45, 7) is 2.01. The van der Waals surface area contributed by atoms with Crippen LogP contribution in [0.25, 0.3) is 10.9 Å². The topological polar surface area (TPSA) is 82.4 Å². The van der Waals surface area contributed by atoms with E-state index < -0.39 is 6.03 Å². The molecule has 0 unspecified atom stereocenters. The number of urea groups is 1. The van der Waals surface area contributed by atoms with Crippen LogP contribution in [0.2, 0.25) is 0 Å². The van der Waals surface area contributed by atoms with Gasteiger partial charge < -0.3 is 20.5 Å². The summed E-state index contributed by atoms with van der Waals surface area (Å²) in [4.78, 5) is 30.0. The van der Waals surface area contributed by atoms with E-state index in [1.807, 2.05) is 24.3 Å². The lowest BCUT2D eigenvalue weighted by Crippen LogP contribution is -2.52. The Bertz CT molecular complexity index is 656. The molecule has 1 saturated heterocycles. The van der Waals surface area contributed by atoms with Gasteiger partial charge in [-0.25, -0.2) is 4.79 Å². The molecule has 2 heterocycles. The summed E-state index contributed by atoms with van der Waals surface area (Å²) < 4.78 is 0. The molecule has 104 valence electrons. The molecule has 6 nitrogen and oxygen atoms in total. The Balaban J connectivity index is 1.78. The molecule has 3 N–H and O–H groups in total. The molecule has 6 heteroatoms. The smallest absolute Gasteiger partial charge is 0.314 e. The maximum atomic E-state index is 12.5. The van der Waals surface area contributed by atoms with Crippen molar-refractivity contribution in [3.63, 3.8) is 0 Å². The molecular weight excluding hydrogens is 256 g/mol. The summed E-state index contributed by atoms with van der Waals surface area (Å²) >= 11 is 0. The van der Waals surface area contributed by atoms with Crippen molar-refractivity contribution in [2.75, 3.05) is 26.2 Å². The molecule has 1 aromatic heterocycles. The average Bonchev–Trinajstić information content (AvgIpc) is 2.90. The van der Waals surface area contributed by atoms with Crippen molar-refractivity contribution in [3.05, 3.63) is 36.0 Å². The molecule has 0 bridgehead atoms. The zero-order valence-electron chi connectivity index (χ0n) is 11.0. The normalized spacial score (nSPS) is 15.6. The van der Waals surface area contributed by atoms with Crippen LogP contribution in [-0.4, -0.2) is 52.9 Å². The summed E-state index contributed by atoms with van der Waals surface area (Å²) in [5.41, 5.74) is 6.86. The third-order valence-electron chi connectivity index (χ3n) is 3.70. The summed E-state index contributed by atoms with van der Waals surface area (Å²) in [5.74, 6) is -0.00781. The average molecular weight is 272 g/mol. The fraction of sp³-hybridized carbons (Fsp3) is 0.286. The van der Waals surface area contributed by atoms with E-state index in [1.165, 1.54) is 0 Å². The number of H-pyrrole nitrogens is 1. The molecule has 3 amide bonds. The number of piperazine rings is 1. The molecular formula is C14H16N4O2. The Hall–Kier alpha value is -2.50. The monoisotopic (exact) mass is 272 g/mol. The maximum Gasteiger partial charge on any atom is 0.314 e. The number of benzene rings is 1. The number of primary amides is 1. The number of nitrogens with two attached hydrogens (primary N) is 1. The van der Waals surface area contributed by atoms with E-state index in [-0.39, 0.29) is 5.91 Å². The predicted octanol–water partition coefficient (Wildman–Crippen LogP) is 1.00. The number of carbonyl (C=O) groups is 2. The number of para-hydroxylation sites is 1. The highest BCUT2D eigenvalue weighted by Gasteiger charge is 2.25. The largest absolute Gasteiger partial charge is 0.360 e. The van der Waals surface area contributed by atoms with Crippen molar-refractivity contribution < 1.29 is 9.59 Å². The van der Waals surface area contributed by atoms with Gasteiger partial charge in [-0.2, -0.15) is 0 Å². The molecule has 20 heavy (non-hydrogen) atoms.